The van der Waals surface area contributed by atoms with Crippen molar-refractivity contribution in [1.82, 2.24) is 4.90 Å². The van der Waals surface area contributed by atoms with E-state index in [4.69, 9.17) is 9.84 Å². The minimum absolute atomic E-state index is 0.0716. The number of esters is 1. The zero-order valence-corrected chi connectivity index (χ0v) is 13.2. The molecule has 0 aromatic carbocycles. The number of amides is 1. The predicted molar refractivity (Wildman–Crippen MR) is 81.1 cm³/mol. The molecule has 0 aliphatic heterocycles. The maximum Gasteiger partial charge on any atom is 0.325 e. The molecule has 1 N–H and O–H groups in total. The van der Waals surface area contributed by atoms with Crippen molar-refractivity contribution in [2.45, 2.75) is 26.8 Å². The van der Waals surface area contributed by atoms with Gasteiger partial charge < -0.3 is 14.7 Å². The molecule has 1 aromatic rings. The molecule has 0 unspecified atom stereocenters. The number of carbonyl (C=O) groups is 2. The zero-order valence-electron chi connectivity index (χ0n) is 12.4. The summed E-state index contributed by atoms with van der Waals surface area (Å²) in [6.45, 7) is 5.41. The van der Waals surface area contributed by atoms with Crippen molar-refractivity contribution in [3.8, 4) is 11.8 Å². The van der Waals surface area contributed by atoms with E-state index in [1.165, 1.54) is 16.2 Å². The summed E-state index contributed by atoms with van der Waals surface area (Å²) < 4.78 is 4.89. The number of rotatable bonds is 5. The fourth-order valence-corrected chi connectivity index (χ4v) is 2.39. The molecule has 1 amide bonds. The number of hydrogen-bond donors (Lipinski definition) is 1. The van der Waals surface area contributed by atoms with E-state index in [9.17, 15) is 9.59 Å². The van der Waals surface area contributed by atoms with Crippen LogP contribution in [0.1, 0.15) is 36.0 Å². The van der Waals surface area contributed by atoms with Gasteiger partial charge in [0, 0.05) is 11.4 Å². The van der Waals surface area contributed by atoms with E-state index in [1.54, 1.807) is 18.4 Å². The molecule has 5 nitrogen and oxygen atoms in total. The van der Waals surface area contributed by atoms with E-state index in [1.807, 2.05) is 13.8 Å². The van der Waals surface area contributed by atoms with Crippen LogP contribution in [0.2, 0.25) is 0 Å². The molecule has 0 saturated carbocycles. The highest BCUT2D eigenvalue weighted by molar-refractivity contribution is 7.10. The van der Waals surface area contributed by atoms with E-state index >= 15 is 0 Å². The first kappa shape index (κ1) is 17.2. The lowest BCUT2D eigenvalue weighted by molar-refractivity contribution is -0.144. The molecule has 6 heteroatoms. The Kier molecular flexibility index (Phi) is 6.92. The molecule has 1 rings (SSSR count). The van der Waals surface area contributed by atoms with Gasteiger partial charge in [-0.1, -0.05) is 11.8 Å². The first-order valence-electron chi connectivity index (χ1n) is 6.64. The summed E-state index contributed by atoms with van der Waals surface area (Å²) in [6.07, 6.45) is 0. The van der Waals surface area contributed by atoms with E-state index in [0.29, 0.717) is 10.4 Å². The van der Waals surface area contributed by atoms with Crippen LogP contribution in [0.4, 0.5) is 0 Å². The Bertz CT molecular complexity index is 554. The molecule has 21 heavy (non-hydrogen) atoms. The van der Waals surface area contributed by atoms with E-state index in [0.717, 1.165) is 0 Å². The molecule has 0 saturated heterocycles. The van der Waals surface area contributed by atoms with E-state index in [-0.39, 0.29) is 31.7 Å². The lowest BCUT2D eigenvalue weighted by Crippen LogP contribution is -2.41. The molecule has 0 fully saturated rings. The third-order valence-electron chi connectivity index (χ3n) is 2.63. The van der Waals surface area contributed by atoms with Gasteiger partial charge in [-0.25, -0.2) is 0 Å². The normalized spacial score (nSPS) is 9.95. The van der Waals surface area contributed by atoms with Crippen LogP contribution in [0.3, 0.4) is 0 Å². The Morgan fingerprint density at radius 1 is 1.48 bits per heavy atom. The van der Waals surface area contributed by atoms with Gasteiger partial charge in [0.25, 0.3) is 5.91 Å². The van der Waals surface area contributed by atoms with Crippen LogP contribution < -0.4 is 0 Å². The van der Waals surface area contributed by atoms with Crippen LogP contribution in [-0.2, 0) is 9.53 Å². The summed E-state index contributed by atoms with van der Waals surface area (Å²) in [5.41, 5.74) is 0.486. The second-order valence-electron chi connectivity index (χ2n) is 4.49. The summed E-state index contributed by atoms with van der Waals surface area (Å²) in [5.74, 6) is 4.64. The Labute approximate surface area is 128 Å². The standard InChI is InChI=1S/C15H19NO4S/c1-4-20-14(18)9-16(11(2)3)15(19)12-8-13(21-10-12)6-5-7-17/h8,10-11,17H,4,7,9H2,1-3H3. The number of ether oxygens (including phenoxy) is 1. The highest BCUT2D eigenvalue weighted by Gasteiger charge is 2.22. The number of aliphatic hydroxyl groups is 1. The van der Waals surface area contributed by atoms with Gasteiger partial charge in [0.05, 0.1) is 17.0 Å². The van der Waals surface area contributed by atoms with Crippen molar-refractivity contribution in [1.29, 1.82) is 0 Å². The number of aliphatic hydroxyl groups excluding tert-OH is 1. The minimum Gasteiger partial charge on any atom is -0.465 e. The van der Waals surface area contributed by atoms with Crippen LogP contribution >= 0.6 is 11.3 Å². The molecule has 0 aliphatic carbocycles. The third-order valence-corrected chi connectivity index (χ3v) is 3.47. The van der Waals surface area contributed by atoms with Gasteiger partial charge in [-0.05, 0) is 26.8 Å². The zero-order chi connectivity index (χ0) is 15.8. The van der Waals surface area contributed by atoms with Gasteiger partial charge in [0.2, 0.25) is 0 Å². The van der Waals surface area contributed by atoms with E-state index in [2.05, 4.69) is 11.8 Å². The summed E-state index contributed by atoms with van der Waals surface area (Å²) in [6, 6.07) is 1.55. The Hall–Kier alpha value is -1.84. The first-order chi connectivity index (χ1) is 9.99. The van der Waals surface area contributed by atoms with Crippen molar-refractivity contribution < 1.29 is 19.4 Å². The van der Waals surface area contributed by atoms with Crippen molar-refractivity contribution in [2.75, 3.05) is 19.8 Å². The highest BCUT2D eigenvalue weighted by Crippen LogP contribution is 2.17. The maximum absolute atomic E-state index is 12.4. The number of hydrogen-bond acceptors (Lipinski definition) is 5. The molecule has 0 atom stereocenters. The summed E-state index contributed by atoms with van der Waals surface area (Å²) in [7, 11) is 0. The first-order valence-corrected chi connectivity index (χ1v) is 7.52. The summed E-state index contributed by atoms with van der Waals surface area (Å²) >= 11 is 1.33. The van der Waals surface area contributed by atoms with Crippen molar-refractivity contribution in [3.05, 3.63) is 21.9 Å². The van der Waals surface area contributed by atoms with Crippen LogP contribution in [0.5, 0.6) is 0 Å². The van der Waals surface area contributed by atoms with Crippen LogP contribution in [-0.4, -0.2) is 47.7 Å². The van der Waals surface area contributed by atoms with Crippen LogP contribution in [0, 0.1) is 11.8 Å². The average Bonchev–Trinajstić information content (AvgIpc) is 2.90. The van der Waals surface area contributed by atoms with Crippen LogP contribution in [0.15, 0.2) is 11.4 Å². The molecule has 0 aliphatic rings. The lowest BCUT2D eigenvalue weighted by Gasteiger charge is -2.25. The highest BCUT2D eigenvalue weighted by atomic mass is 32.1. The smallest absolute Gasteiger partial charge is 0.325 e. The molecule has 0 radical (unpaired) electrons. The Balaban J connectivity index is 2.85. The summed E-state index contributed by atoms with van der Waals surface area (Å²) in [5, 5.41) is 10.4. The molecule has 0 bridgehead atoms. The topological polar surface area (TPSA) is 66.8 Å². The summed E-state index contributed by atoms with van der Waals surface area (Å²) in [4.78, 5) is 26.2. The van der Waals surface area contributed by atoms with E-state index < -0.39 is 5.97 Å². The van der Waals surface area contributed by atoms with Crippen LogP contribution in [0.25, 0.3) is 0 Å². The molecule has 1 heterocycles. The minimum atomic E-state index is -0.421. The lowest BCUT2D eigenvalue weighted by atomic mass is 10.2. The Morgan fingerprint density at radius 2 is 2.19 bits per heavy atom. The monoisotopic (exact) mass is 309 g/mol. The van der Waals surface area contributed by atoms with Gasteiger partial charge >= 0.3 is 5.97 Å². The van der Waals surface area contributed by atoms with Crippen molar-refractivity contribution in [2.24, 2.45) is 0 Å². The largest absolute Gasteiger partial charge is 0.465 e. The van der Waals surface area contributed by atoms with Gasteiger partial charge in [0.15, 0.2) is 0 Å². The second-order valence-corrected chi connectivity index (χ2v) is 5.40. The van der Waals surface area contributed by atoms with Gasteiger partial charge in [-0.2, -0.15) is 0 Å². The number of carbonyl (C=O) groups excluding carboxylic acids is 2. The number of nitrogens with zero attached hydrogens (tertiary/aromatic N) is 1. The predicted octanol–water partition coefficient (Wildman–Crippen LogP) is 1.51. The fourth-order valence-electron chi connectivity index (χ4n) is 1.64. The average molecular weight is 309 g/mol. The van der Waals surface area contributed by atoms with Crippen molar-refractivity contribution >= 4 is 23.2 Å². The fraction of sp³-hybridized carbons (Fsp3) is 0.467. The van der Waals surface area contributed by atoms with Gasteiger partial charge in [-0.15, -0.1) is 11.3 Å². The van der Waals surface area contributed by atoms with Crippen molar-refractivity contribution in [3.63, 3.8) is 0 Å². The molecule has 1 aromatic heterocycles. The molecular weight excluding hydrogens is 290 g/mol. The molecule has 114 valence electrons. The van der Waals surface area contributed by atoms with Gasteiger partial charge in [0.1, 0.15) is 13.2 Å². The number of thiophene rings is 1. The molecule has 0 spiro atoms. The maximum atomic E-state index is 12.4. The quantitative estimate of drug-likeness (QED) is 0.661. The molecular formula is C15H19NO4S. The van der Waals surface area contributed by atoms with Gasteiger partial charge in [-0.3, -0.25) is 9.59 Å². The second kappa shape index (κ2) is 8.45. The Morgan fingerprint density at radius 3 is 2.76 bits per heavy atom. The SMILES string of the molecule is CCOC(=O)CN(C(=O)c1csc(C#CCO)c1)C(C)C. The third kappa shape index (κ3) is 5.21.